The molecule has 1 saturated heterocycles. The largest absolute Gasteiger partial charge is 0.478 e. The van der Waals surface area contributed by atoms with Crippen molar-refractivity contribution in [2.45, 2.75) is 53.1 Å². The van der Waals surface area contributed by atoms with Gasteiger partial charge in [-0.3, -0.25) is 9.78 Å². The Morgan fingerprint density at radius 1 is 1.00 bits per heavy atom. The van der Waals surface area contributed by atoms with Gasteiger partial charge >= 0.3 is 5.97 Å². The predicted molar refractivity (Wildman–Crippen MR) is 168 cm³/mol. The second-order valence-electron chi connectivity index (χ2n) is 10.9. The summed E-state index contributed by atoms with van der Waals surface area (Å²) in [5, 5.41) is 16.7. The molecule has 0 saturated carbocycles. The van der Waals surface area contributed by atoms with Crippen LogP contribution in [-0.2, 0) is 4.79 Å². The molecule has 1 amide bonds. The molecule has 1 fully saturated rings. The van der Waals surface area contributed by atoms with Gasteiger partial charge in [-0.2, -0.15) is 0 Å². The Hall–Kier alpha value is -4.50. The average Bonchev–Trinajstić information content (AvgIpc) is 3.44. The van der Waals surface area contributed by atoms with Crippen LogP contribution in [0.15, 0.2) is 66.9 Å². The van der Waals surface area contributed by atoms with E-state index in [-0.39, 0.29) is 30.0 Å². The van der Waals surface area contributed by atoms with Gasteiger partial charge in [0.2, 0.25) is 5.91 Å². The van der Waals surface area contributed by atoms with Crippen LogP contribution in [0.5, 0.6) is 0 Å². The molecule has 2 aromatic carbocycles. The molecule has 5 rings (SSSR count). The van der Waals surface area contributed by atoms with E-state index in [4.69, 9.17) is 12.2 Å². The van der Waals surface area contributed by atoms with Gasteiger partial charge in [0.25, 0.3) is 0 Å². The maximum atomic E-state index is 13.1. The maximum absolute atomic E-state index is 13.1. The third-order valence-corrected chi connectivity index (χ3v) is 8.28. The van der Waals surface area contributed by atoms with Crippen LogP contribution in [-0.4, -0.2) is 43.1 Å². The van der Waals surface area contributed by atoms with Crippen LogP contribution >= 0.6 is 12.2 Å². The number of carbonyl (C=O) groups is 2. The van der Waals surface area contributed by atoms with Gasteiger partial charge in [-0.25, -0.2) is 4.79 Å². The normalized spacial score (nSPS) is 16.4. The van der Waals surface area contributed by atoms with Crippen molar-refractivity contribution in [1.29, 1.82) is 0 Å². The number of carbonyl (C=O) groups excluding carboxylic acids is 1. The Kier molecular flexibility index (Phi) is 8.13. The lowest BCUT2D eigenvalue weighted by atomic mass is 9.96. The summed E-state index contributed by atoms with van der Waals surface area (Å²) in [6.45, 7) is 10.4. The van der Waals surface area contributed by atoms with Gasteiger partial charge in [0, 0.05) is 41.9 Å². The lowest BCUT2D eigenvalue weighted by Crippen LogP contribution is -2.33. The number of anilines is 1. The second kappa shape index (κ2) is 11.8. The number of nitrogens with one attached hydrogen (secondary N) is 2. The fourth-order valence-corrected chi connectivity index (χ4v) is 6.06. The number of aromatic nitrogens is 2. The number of carboxylic acid groups (broad SMARTS) is 1. The molecule has 0 unspecified atom stereocenters. The summed E-state index contributed by atoms with van der Waals surface area (Å²) in [6, 6.07) is 18.6. The summed E-state index contributed by atoms with van der Waals surface area (Å²) in [5.41, 5.74) is 8.75. The number of carboxylic acids is 1. The molecular weight excluding hydrogens is 546 g/mol. The fourth-order valence-electron chi connectivity index (χ4n) is 5.73. The van der Waals surface area contributed by atoms with E-state index in [9.17, 15) is 14.7 Å². The van der Waals surface area contributed by atoms with Crippen molar-refractivity contribution in [2.75, 3.05) is 11.9 Å². The van der Waals surface area contributed by atoms with Crippen LogP contribution < -0.4 is 10.6 Å². The Morgan fingerprint density at radius 2 is 1.76 bits per heavy atom. The lowest BCUT2D eigenvalue weighted by Gasteiger charge is -2.28. The zero-order valence-electron chi connectivity index (χ0n) is 24.4. The van der Waals surface area contributed by atoms with Crippen molar-refractivity contribution >= 4 is 34.9 Å². The predicted octanol–water partition coefficient (Wildman–Crippen LogP) is 6.11. The Bertz CT molecular complexity index is 1680. The van der Waals surface area contributed by atoms with Gasteiger partial charge in [0.05, 0.1) is 23.3 Å². The minimum absolute atomic E-state index is 0.0851. The van der Waals surface area contributed by atoms with Crippen molar-refractivity contribution in [3.63, 3.8) is 0 Å². The van der Waals surface area contributed by atoms with E-state index in [1.54, 1.807) is 18.3 Å². The average molecular weight is 582 g/mol. The number of benzene rings is 2. The van der Waals surface area contributed by atoms with Crippen LogP contribution in [0.4, 0.5) is 5.69 Å². The summed E-state index contributed by atoms with van der Waals surface area (Å²) < 4.78 is 2.10. The van der Waals surface area contributed by atoms with E-state index in [2.05, 4.69) is 31.2 Å². The smallest absolute Gasteiger partial charge is 0.335 e. The quantitative estimate of drug-likeness (QED) is 0.216. The number of hydrogen-bond acceptors (Lipinski definition) is 4. The van der Waals surface area contributed by atoms with Crippen LogP contribution in [0.2, 0.25) is 0 Å². The van der Waals surface area contributed by atoms with E-state index in [1.165, 1.54) is 0 Å². The van der Waals surface area contributed by atoms with E-state index < -0.39 is 5.97 Å². The molecule has 0 radical (unpaired) electrons. The number of hydrogen-bond donors (Lipinski definition) is 3. The molecule has 0 bridgehead atoms. The molecule has 9 heteroatoms. The molecule has 42 heavy (non-hydrogen) atoms. The monoisotopic (exact) mass is 581 g/mol. The van der Waals surface area contributed by atoms with E-state index >= 15 is 0 Å². The van der Waals surface area contributed by atoms with Crippen molar-refractivity contribution in [2.24, 2.45) is 0 Å². The van der Waals surface area contributed by atoms with Gasteiger partial charge < -0.3 is 25.2 Å². The molecule has 1 aliphatic heterocycles. The maximum Gasteiger partial charge on any atom is 0.335 e. The highest BCUT2D eigenvalue weighted by molar-refractivity contribution is 7.80. The Balaban J connectivity index is 1.51. The summed E-state index contributed by atoms with van der Waals surface area (Å²) in [6.07, 6.45) is 2.01. The molecular formula is C33H35N5O3S. The van der Waals surface area contributed by atoms with Crippen LogP contribution in [0, 0.1) is 34.6 Å². The molecule has 4 aromatic rings. The van der Waals surface area contributed by atoms with Crippen LogP contribution in [0.3, 0.4) is 0 Å². The van der Waals surface area contributed by atoms with E-state index in [0.717, 1.165) is 50.7 Å². The first-order valence-corrected chi connectivity index (χ1v) is 14.3. The Labute approximate surface area is 251 Å². The molecule has 3 heterocycles. The fraction of sp³-hybridized carbons (Fsp3) is 0.273. The standard InChI is InChI=1S/C33H35N5O3S/c1-19-9-10-20(2)27(16-19)35-29(39)13-15-37-31(30(36-33(37)42)26-8-6-7-14-34-26)25-17-22(4)38(23(25)5)28-18-24(32(40)41)12-11-21(28)3/h6-12,14,16-18,30-31H,13,15H2,1-5H3,(H,35,39)(H,36,42)(H,40,41)/t30-,31-/m1/s1. The molecule has 216 valence electrons. The summed E-state index contributed by atoms with van der Waals surface area (Å²) in [4.78, 5) is 31.6. The number of rotatable bonds is 8. The van der Waals surface area contributed by atoms with Crippen molar-refractivity contribution in [3.8, 4) is 5.69 Å². The molecule has 2 aromatic heterocycles. The summed E-state index contributed by atoms with van der Waals surface area (Å²) in [7, 11) is 0. The lowest BCUT2D eigenvalue weighted by molar-refractivity contribution is -0.116. The number of pyridine rings is 1. The van der Waals surface area contributed by atoms with Gasteiger partial charge in [-0.15, -0.1) is 0 Å². The minimum atomic E-state index is -0.968. The van der Waals surface area contributed by atoms with Gasteiger partial charge in [0.15, 0.2) is 5.11 Å². The van der Waals surface area contributed by atoms with Crippen molar-refractivity contribution in [3.05, 3.63) is 112 Å². The number of nitrogens with zero attached hydrogens (tertiary/aromatic N) is 3. The SMILES string of the molecule is Cc1ccc(C)c(NC(=O)CCN2C(=S)N[C@H](c3ccccn3)[C@H]2c2cc(C)n(-c3cc(C(=O)O)ccc3C)c2C)c1. The van der Waals surface area contributed by atoms with E-state index in [1.807, 2.05) is 77.1 Å². The number of thiocarbonyl (C=S) groups is 1. The minimum Gasteiger partial charge on any atom is -0.478 e. The molecule has 1 aliphatic rings. The highest BCUT2D eigenvalue weighted by Gasteiger charge is 2.41. The number of aromatic carboxylic acids is 1. The molecule has 0 aliphatic carbocycles. The first-order chi connectivity index (χ1) is 20.0. The van der Waals surface area contributed by atoms with Gasteiger partial charge in [0.1, 0.15) is 0 Å². The zero-order chi connectivity index (χ0) is 30.1. The third kappa shape index (κ3) is 5.65. The van der Waals surface area contributed by atoms with Crippen LogP contribution in [0.25, 0.3) is 5.69 Å². The first kappa shape index (κ1) is 29.0. The Morgan fingerprint density at radius 3 is 2.48 bits per heavy atom. The van der Waals surface area contributed by atoms with Gasteiger partial charge in [-0.1, -0.05) is 24.3 Å². The number of aryl methyl sites for hydroxylation is 4. The molecule has 8 nitrogen and oxygen atoms in total. The van der Waals surface area contributed by atoms with E-state index in [0.29, 0.717) is 11.7 Å². The first-order valence-electron chi connectivity index (χ1n) is 13.9. The van der Waals surface area contributed by atoms with Crippen LogP contribution in [0.1, 0.15) is 68.2 Å². The zero-order valence-corrected chi connectivity index (χ0v) is 25.2. The number of amides is 1. The summed E-state index contributed by atoms with van der Waals surface area (Å²) >= 11 is 5.84. The molecule has 3 N–H and O–H groups in total. The van der Waals surface area contributed by atoms with Crippen molar-refractivity contribution in [1.82, 2.24) is 19.8 Å². The second-order valence-corrected chi connectivity index (χ2v) is 11.3. The summed E-state index contributed by atoms with van der Waals surface area (Å²) in [5.74, 6) is -1.05. The molecule has 0 spiro atoms. The third-order valence-electron chi connectivity index (χ3n) is 7.93. The topological polar surface area (TPSA) is 99.5 Å². The highest BCUT2D eigenvalue weighted by atomic mass is 32.1. The molecule has 2 atom stereocenters. The van der Waals surface area contributed by atoms with Crippen molar-refractivity contribution < 1.29 is 14.7 Å². The van der Waals surface area contributed by atoms with Gasteiger partial charge in [-0.05, 0) is 105 Å². The highest BCUT2D eigenvalue weighted by Crippen LogP contribution is 2.41.